The maximum atomic E-state index is 11.8. The van der Waals surface area contributed by atoms with Gasteiger partial charge in [0.15, 0.2) is 0 Å². The minimum absolute atomic E-state index is 0.161. The highest BCUT2D eigenvalue weighted by Crippen LogP contribution is 2.20. The third-order valence-electron chi connectivity index (χ3n) is 2.16. The third-order valence-corrected chi connectivity index (χ3v) is 2.71. The number of carbonyl (C=O) groups is 2. The molecule has 1 aromatic carbocycles. The molecule has 19 heavy (non-hydrogen) atoms. The third kappa shape index (κ3) is 3.46. The quantitative estimate of drug-likeness (QED) is 0.796. The van der Waals surface area contributed by atoms with Crippen molar-refractivity contribution in [3.05, 3.63) is 46.2 Å². The Morgan fingerprint density at radius 1 is 1.26 bits per heavy atom. The number of amides is 3. The first-order valence-electron chi connectivity index (χ1n) is 5.12. The van der Waals surface area contributed by atoms with Gasteiger partial charge in [0, 0.05) is 11.2 Å². The van der Waals surface area contributed by atoms with Gasteiger partial charge in [-0.3, -0.25) is 15.2 Å². The molecule has 0 saturated heterocycles. The van der Waals surface area contributed by atoms with Crippen LogP contribution in [-0.2, 0) is 0 Å². The number of aromatic nitrogens is 2. The van der Waals surface area contributed by atoms with Crippen molar-refractivity contribution < 1.29 is 9.59 Å². The first-order chi connectivity index (χ1) is 9.06. The number of benzene rings is 1. The number of hydrogen-bond acceptors (Lipinski definition) is 3. The summed E-state index contributed by atoms with van der Waals surface area (Å²) in [5.74, 6) is -0.623. The Labute approximate surface area is 118 Å². The molecular weight excluding hydrogens is 291 g/mol. The summed E-state index contributed by atoms with van der Waals surface area (Å²) in [6.45, 7) is 0. The molecule has 0 atom stereocenters. The number of carbonyl (C=O) groups excluding carboxylic acids is 2. The second kappa shape index (κ2) is 5.73. The van der Waals surface area contributed by atoms with Crippen LogP contribution in [-0.4, -0.2) is 22.1 Å². The van der Waals surface area contributed by atoms with Gasteiger partial charge in [0.25, 0.3) is 5.91 Å². The molecule has 0 aliphatic carbocycles. The standard InChI is InChI=1S/C11H8Cl2N4O2/c12-6-1-2-8(9(13)3-6)10(18)17-11(19)16-7-4-14-15-5-7/h1-5H,(H,14,15)(H2,16,17,18,19). The average Bonchev–Trinajstić information content (AvgIpc) is 2.81. The van der Waals surface area contributed by atoms with Crippen LogP contribution in [0.25, 0.3) is 0 Å². The van der Waals surface area contributed by atoms with Gasteiger partial charge in [-0.2, -0.15) is 5.10 Å². The van der Waals surface area contributed by atoms with Gasteiger partial charge in [0.05, 0.1) is 22.5 Å². The molecular formula is C11H8Cl2N4O2. The van der Waals surface area contributed by atoms with Crippen molar-refractivity contribution >= 4 is 40.8 Å². The molecule has 3 amide bonds. The van der Waals surface area contributed by atoms with Crippen molar-refractivity contribution in [1.82, 2.24) is 15.5 Å². The number of imide groups is 1. The number of anilines is 1. The normalized spacial score (nSPS) is 10.0. The summed E-state index contributed by atoms with van der Waals surface area (Å²) in [7, 11) is 0. The van der Waals surface area contributed by atoms with Crippen molar-refractivity contribution in [3.8, 4) is 0 Å². The highest BCUT2D eigenvalue weighted by molar-refractivity contribution is 6.37. The predicted molar refractivity (Wildman–Crippen MR) is 71.5 cm³/mol. The fourth-order valence-electron chi connectivity index (χ4n) is 1.33. The van der Waals surface area contributed by atoms with Crippen LogP contribution in [0.1, 0.15) is 10.4 Å². The molecule has 6 nitrogen and oxygen atoms in total. The van der Waals surface area contributed by atoms with E-state index in [4.69, 9.17) is 23.2 Å². The number of nitrogens with zero attached hydrogens (tertiary/aromatic N) is 1. The number of aromatic amines is 1. The molecule has 3 N–H and O–H groups in total. The Balaban J connectivity index is 2.02. The molecule has 0 aliphatic heterocycles. The summed E-state index contributed by atoms with van der Waals surface area (Å²) >= 11 is 11.6. The summed E-state index contributed by atoms with van der Waals surface area (Å²) in [5, 5.41) is 11.3. The van der Waals surface area contributed by atoms with Gasteiger partial charge in [0.1, 0.15) is 0 Å². The van der Waals surface area contributed by atoms with Crippen molar-refractivity contribution in [2.75, 3.05) is 5.32 Å². The molecule has 98 valence electrons. The Bertz CT molecular complexity index is 613. The number of hydrogen-bond donors (Lipinski definition) is 3. The zero-order valence-electron chi connectivity index (χ0n) is 9.41. The van der Waals surface area contributed by atoms with E-state index in [1.807, 2.05) is 0 Å². The summed E-state index contributed by atoms with van der Waals surface area (Å²) in [5.41, 5.74) is 0.598. The van der Waals surface area contributed by atoms with Crippen molar-refractivity contribution in [3.63, 3.8) is 0 Å². The minimum atomic E-state index is -0.683. The van der Waals surface area contributed by atoms with E-state index >= 15 is 0 Å². The summed E-state index contributed by atoms with van der Waals surface area (Å²) in [6.07, 6.45) is 2.87. The zero-order valence-corrected chi connectivity index (χ0v) is 10.9. The zero-order chi connectivity index (χ0) is 13.8. The molecule has 0 unspecified atom stereocenters. The monoisotopic (exact) mass is 298 g/mol. The molecule has 0 bridgehead atoms. The van der Waals surface area contributed by atoms with E-state index in [-0.39, 0.29) is 10.6 Å². The molecule has 0 radical (unpaired) electrons. The fourth-order valence-corrected chi connectivity index (χ4v) is 1.82. The lowest BCUT2D eigenvalue weighted by atomic mass is 10.2. The van der Waals surface area contributed by atoms with Gasteiger partial charge in [-0.1, -0.05) is 23.2 Å². The Morgan fingerprint density at radius 3 is 2.68 bits per heavy atom. The molecule has 0 saturated carbocycles. The Morgan fingerprint density at radius 2 is 2.05 bits per heavy atom. The van der Waals surface area contributed by atoms with Gasteiger partial charge in [-0.05, 0) is 18.2 Å². The van der Waals surface area contributed by atoms with Crippen molar-refractivity contribution in [2.45, 2.75) is 0 Å². The first kappa shape index (κ1) is 13.4. The fraction of sp³-hybridized carbons (Fsp3) is 0. The van der Waals surface area contributed by atoms with Gasteiger partial charge in [-0.15, -0.1) is 0 Å². The molecule has 2 aromatic rings. The van der Waals surface area contributed by atoms with E-state index in [0.717, 1.165) is 0 Å². The van der Waals surface area contributed by atoms with Crippen LogP contribution in [0.5, 0.6) is 0 Å². The van der Waals surface area contributed by atoms with E-state index < -0.39 is 11.9 Å². The van der Waals surface area contributed by atoms with E-state index in [9.17, 15) is 9.59 Å². The van der Waals surface area contributed by atoms with E-state index in [1.54, 1.807) is 0 Å². The van der Waals surface area contributed by atoms with Crippen LogP contribution in [0.3, 0.4) is 0 Å². The molecule has 1 aromatic heterocycles. The number of H-pyrrole nitrogens is 1. The molecule has 2 rings (SSSR count). The highest BCUT2D eigenvalue weighted by atomic mass is 35.5. The van der Waals surface area contributed by atoms with E-state index in [0.29, 0.717) is 10.7 Å². The largest absolute Gasteiger partial charge is 0.326 e. The van der Waals surface area contributed by atoms with Crippen LogP contribution in [0.2, 0.25) is 10.0 Å². The van der Waals surface area contributed by atoms with Crippen LogP contribution >= 0.6 is 23.2 Å². The maximum Gasteiger partial charge on any atom is 0.326 e. The van der Waals surface area contributed by atoms with Crippen LogP contribution in [0.4, 0.5) is 10.5 Å². The average molecular weight is 299 g/mol. The van der Waals surface area contributed by atoms with Gasteiger partial charge in [-0.25, -0.2) is 4.79 Å². The smallest absolute Gasteiger partial charge is 0.305 e. The van der Waals surface area contributed by atoms with Crippen molar-refractivity contribution in [1.29, 1.82) is 0 Å². The van der Waals surface area contributed by atoms with Gasteiger partial charge in [0.2, 0.25) is 0 Å². The van der Waals surface area contributed by atoms with Crippen LogP contribution in [0, 0.1) is 0 Å². The molecule has 8 heteroatoms. The second-order valence-electron chi connectivity index (χ2n) is 3.52. The van der Waals surface area contributed by atoms with E-state index in [2.05, 4.69) is 20.8 Å². The van der Waals surface area contributed by atoms with E-state index in [1.165, 1.54) is 30.6 Å². The summed E-state index contributed by atoms with van der Waals surface area (Å²) in [6, 6.07) is 3.69. The minimum Gasteiger partial charge on any atom is -0.305 e. The number of halogens is 2. The lowest BCUT2D eigenvalue weighted by Gasteiger charge is -2.06. The van der Waals surface area contributed by atoms with Crippen LogP contribution in [0.15, 0.2) is 30.6 Å². The molecule has 0 aliphatic rings. The predicted octanol–water partition coefficient (Wildman–Crippen LogP) is 2.68. The molecule has 1 heterocycles. The Hall–Kier alpha value is -2.05. The number of urea groups is 1. The van der Waals surface area contributed by atoms with Crippen LogP contribution < -0.4 is 10.6 Å². The highest BCUT2D eigenvalue weighted by Gasteiger charge is 2.14. The first-order valence-corrected chi connectivity index (χ1v) is 5.88. The second-order valence-corrected chi connectivity index (χ2v) is 4.36. The number of rotatable bonds is 2. The lowest BCUT2D eigenvalue weighted by molar-refractivity contribution is 0.0967. The maximum absolute atomic E-state index is 11.8. The topological polar surface area (TPSA) is 86.9 Å². The SMILES string of the molecule is O=C(NC(=O)c1ccc(Cl)cc1Cl)Nc1cn[nH]c1. The lowest BCUT2D eigenvalue weighted by Crippen LogP contribution is -2.34. The summed E-state index contributed by atoms with van der Waals surface area (Å²) < 4.78 is 0. The number of nitrogens with one attached hydrogen (secondary N) is 3. The molecule has 0 spiro atoms. The summed E-state index contributed by atoms with van der Waals surface area (Å²) in [4.78, 5) is 23.3. The van der Waals surface area contributed by atoms with Gasteiger partial charge >= 0.3 is 6.03 Å². The Kier molecular flexibility index (Phi) is 4.03. The molecule has 0 fully saturated rings. The van der Waals surface area contributed by atoms with Crippen molar-refractivity contribution in [2.24, 2.45) is 0 Å². The van der Waals surface area contributed by atoms with Gasteiger partial charge < -0.3 is 5.32 Å².